The molecule has 1 N–H and O–H groups in total. The molecule has 7 heteroatoms. The fourth-order valence-electron chi connectivity index (χ4n) is 4.79. The van der Waals surface area contributed by atoms with Gasteiger partial charge in [0.2, 0.25) is 0 Å². The van der Waals surface area contributed by atoms with Crippen molar-refractivity contribution in [3.63, 3.8) is 0 Å². The van der Waals surface area contributed by atoms with Crippen LogP contribution < -0.4 is 5.32 Å². The molecule has 1 aliphatic heterocycles. The molecule has 1 aliphatic rings. The van der Waals surface area contributed by atoms with Crippen molar-refractivity contribution in [2.75, 3.05) is 18.4 Å². The van der Waals surface area contributed by atoms with E-state index in [0.717, 1.165) is 70.2 Å². The maximum Gasteiger partial charge on any atom is 0.256 e. The Morgan fingerprint density at radius 1 is 1.06 bits per heavy atom. The largest absolute Gasteiger partial charge is 0.313 e. The zero-order chi connectivity index (χ0) is 23.9. The molecule has 3 aromatic heterocycles. The number of amides is 1. The highest BCUT2D eigenvalue weighted by Crippen LogP contribution is 2.45. The number of carbonyl (C=O) groups is 1. The van der Waals surface area contributed by atoms with Gasteiger partial charge in [-0.15, -0.1) is 22.7 Å². The minimum absolute atomic E-state index is 0.110. The van der Waals surface area contributed by atoms with Gasteiger partial charge < -0.3 is 5.32 Å². The maximum atomic E-state index is 13.4. The Bertz CT molecular complexity index is 1540. The number of aryl methyl sites for hydroxylation is 1. The number of pyridine rings is 1. The van der Waals surface area contributed by atoms with Gasteiger partial charge >= 0.3 is 0 Å². The predicted octanol–water partition coefficient (Wildman–Crippen LogP) is 6.90. The second-order valence-corrected chi connectivity index (χ2v) is 11.2. The number of nitrogens with zero attached hydrogens (tertiary/aromatic N) is 3. The Balaban J connectivity index is 1.40. The fraction of sp³-hybridized carbons (Fsp3) is 0.250. The summed E-state index contributed by atoms with van der Waals surface area (Å²) in [7, 11) is 0. The highest BCUT2D eigenvalue weighted by Gasteiger charge is 2.27. The van der Waals surface area contributed by atoms with Crippen molar-refractivity contribution in [3.05, 3.63) is 76.3 Å². The fourth-order valence-corrected chi connectivity index (χ4v) is 7.19. The molecule has 5 aromatic rings. The van der Waals surface area contributed by atoms with Gasteiger partial charge in [0.1, 0.15) is 10.0 Å². The third-order valence-electron chi connectivity index (χ3n) is 6.50. The van der Waals surface area contributed by atoms with E-state index in [1.807, 2.05) is 49.4 Å². The van der Waals surface area contributed by atoms with E-state index in [0.29, 0.717) is 5.56 Å². The Morgan fingerprint density at radius 3 is 2.77 bits per heavy atom. The highest BCUT2D eigenvalue weighted by molar-refractivity contribution is 7.23. The average molecular weight is 499 g/mol. The van der Waals surface area contributed by atoms with Crippen molar-refractivity contribution < 1.29 is 4.79 Å². The van der Waals surface area contributed by atoms with Crippen LogP contribution in [-0.4, -0.2) is 33.9 Å². The Hall–Kier alpha value is -3.13. The van der Waals surface area contributed by atoms with Crippen LogP contribution in [0.25, 0.3) is 31.7 Å². The lowest BCUT2D eigenvalue weighted by atomic mass is 10.0. The van der Waals surface area contributed by atoms with Gasteiger partial charge in [-0.3, -0.25) is 14.7 Å². The third-order valence-corrected chi connectivity index (χ3v) is 8.69. The summed E-state index contributed by atoms with van der Waals surface area (Å²) in [5.74, 6) is -0.110. The number of hydrogen-bond donors (Lipinski definition) is 1. The molecule has 0 fully saturated rings. The molecule has 0 radical (unpaired) electrons. The molecule has 6 rings (SSSR count). The van der Waals surface area contributed by atoms with Crippen LogP contribution in [0.15, 0.2) is 54.6 Å². The number of rotatable bonds is 5. The number of thiazole rings is 1. The van der Waals surface area contributed by atoms with Gasteiger partial charge in [0.25, 0.3) is 5.91 Å². The molecule has 0 aliphatic carbocycles. The van der Waals surface area contributed by atoms with Crippen LogP contribution in [0.5, 0.6) is 0 Å². The van der Waals surface area contributed by atoms with Gasteiger partial charge in [-0.25, -0.2) is 4.98 Å². The summed E-state index contributed by atoms with van der Waals surface area (Å²) in [6.45, 7) is 7.26. The van der Waals surface area contributed by atoms with E-state index in [4.69, 9.17) is 4.98 Å². The molecule has 176 valence electrons. The zero-order valence-electron chi connectivity index (χ0n) is 19.8. The molecule has 0 spiro atoms. The summed E-state index contributed by atoms with van der Waals surface area (Å²) >= 11 is 3.40. The molecule has 0 atom stereocenters. The van der Waals surface area contributed by atoms with Crippen molar-refractivity contribution in [2.24, 2.45) is 0 Å². The van der Waals surface area contributed by atoms with Crippen molar-refractivity contribution in [1.82, 2.24) is 14.9 Å². The van der Waals surface area contributed by atoms with Crippen LogP contribution in [0, 0.1) is 6.92 Å². The van der Waals surface area contributed by atoms with Crippen molar-refractivity contribution in [2.45, 2.75) is 33.2 Å². The third kappa shape index (κ3) is 4.24. The summed E-state index contributed by atoms with van der Waals surface area (Å²) < 4.78 is 1.17. The topological polar surface area (TPSA) is 58.1 Å². The lowest BCUT2D eigenvalue weighted by Crippen LogP contribution is -2.30. The van der Waals surface area contributed by atoms with Gasteiger partial charge in [0.15, 0.2) is 0 Å². The van der Waals surface area contributed by atoms with E-state index in [2.05, 4.69) is 34.3 Å². The van der Waals surface area contributed by atoms with Crippen LogP contribution >= 0.6 is 22.7 Å². The predicted molar refractivity (Wildman–Crippen MR) is 147 cm³/mol. The zero-order valence-corrected chi connectivity index (χ0v) is 21.4. The van der Waals surface area contributed by atoms with Crippen LogP contribution in [0.2, 0.25) is 0 Å². The van der Waals surface area contributed by atoms with E-state index in [1.165, 1.54) is 15.1 Å². The lowest BCUT2D eigenvalue weighted by Gasteiger charge is -2.26. The minimum Gasteiger partial charge on any atom is -0.313 e. The second kappa shape index (κ2) is 9.15. The number of para-hydroxylation sites is 1. The molecule has 0 unspecified atom stereocenters. The van der Waals surface area contributed by atoms with Gasteiger partial charge in [0.05, 0.1) is 15.7 Å². The molecule has 4 heterocycles. The molecule has 5 nitrogen and oxygen atoms in total. The first-order valence-corrected chi connectivity index (χ1v) is 13.6. The van der Waals surface area contributed by atoms with Crippen LogP contribution in [0.1, 0.15) is 39.8 Å². The number of carbonyl (C=O) groups excluding carboxylic acids is 1. The van der Waals surface area contributed by atoms with Gasteiger partial charge in [0, 0.05) is 40.2 Å². The first-order chi connectivity index (χ1) is 17.1. The number of fused-ring (bicyclic) bond motifs is 3. The maximum absolute atomic E-state index is 13.4. The number of hydrogen-bond acceptors (Lipinski definition) is 6. The summed E-state index contributed by atoms with van der Waals surface area (Å²) in [5.41, 5.74) is 5.84. The number of thiophene rings is 1. The monoisotopic (exact) mass is 498 g/mol. The van der Waals surface area contributed by atoms with E-state index >= 15 is 0 Å². The summed E-state index contributed by atoms with van der Waals surface area (Å²) in [6, 6.07) is 18.0. The number of nitrogens with one attached hydrogen (secondary N) is 1. The van der Waals surface area contributed by atoms with Gasteiger partial charge in [-0.05, 0) is 62.2 Å². The molecule has 0 saturated carbocycles. The Kier molecular flexibility index (Phi) is 5.84. The quantitative estimate of drug-likeness (QED) is 0.286. The van der Waals surface area contributed by atoms with E-state index in [-0.39, 0.29) is 5.91 Å². The minimum atomic E-state index is -0.110. The molecule has 35 heavy (non-hydrogen) atoms. The Labute approximate surface area is 212 Å². The van der Waals surface area contributed by atoms with Crippen LogP contribution in [-0.2, 0) is 13.0 Å². The van der Waals surface area contributed by atoms with Gasteiger partial charge in [-0.2, -0.15) is 0 Å². The smallest absolute Gasteiger partial charge is 0.256 e. The second-order valence-electron chi connectivity index (χ2n) is 9.04. The molecular formula is C28H26N4OS2. The summed E-state index contributed by atoms with van der Waals surface area (Å²) in [6.07, 6.45) is 2.12. The summed E-state index contributed by atoms with van der Waals surface area (Å²) in [5, 5.41) is 6.17. The van der Waals surface area contributed by atoms with Crippen LogP contribution in [0.4, 0.5) is 5.00 Å². The number of aromatic nitrogens is 2. The normalized spacial score (nSPS) is 13.9. The average Bonchev–Trinajstić information content (AvgIpc) is 3.44. The van der Waals surface area contributed by atoms with Crippen molar-refractivity contribution in [1.29, 1.82) is 0 Å². The van der Waals surface area contributed by atoms with Crippen molar-refractivity contribution in [3.8, 4) is 10.6 Å². The van der Waals surface area contributed by atoms with Gasteiger partial charge in [-0.1, -0.05) is 31.2 Å². The lowest BCUT2D eigenvalue weighted by molar-refractivity contribution is 0.102. The molecular weight excluding hydrogens is 472 g/mol. The van der Waals surface area contributed by atoms with E-state index < -0.39 is 0 Å². The van der Waals surface area contributed by atoms with Crippen LogP contribution in [0.3, 0.4) is 0 Å². The number of benzene rings is 2. The standard InChI is InChI=1S/C28H26N4OS2/c1-3-13-32-14-12-20-24(16-32)35-28(25(20)27-30-21-6-4-5-7-23(21)34-27)31-26(33)19-11-10-18-9-8-17(2)29-22(18)15-19/h4-11,15H,3,12-14,16H2,1-2H3,(H,31,33). The summed E-state index contributed by atoms with van der Waals surface area (Å²) in [4.78, 5) is 26.8. The highest BCUT2D eigenvalue weighted by atomic mass is 32.1. The SMILES string of the molecule is CCCN1CCc2c(sc(NC(=O)c3ccc4ccc(C)nc4c3)c2-c2nc3ccccc3s2)C1. The first-order valence-electron chi connectivity index (χ1n) is 12.0. The molecule has 0 bridgehead atoms. The molecule has 0 saturated heterocycles. The number of anilines is 1. The van der Waals surface area contributed by atoms with Crippen molar-refractivity contribution >= 4 is 54.7 Å². The molecule has 2 aromatic carbocycles. The van der Waals surface area contributed by atoms with E-state index in [1.54, 1.807) is 22.7 Å². The van der Waals surface area contributed by atoms with E-state index in [9.17, 15) is 4.79 Å². The Morgan fingerprint density at radius 2 is 1.91 bits per heavy atom. The first kappa shape index (κ1) is 22.3. The molecule has 1 amide bonds.